The average Bonchev–Trinajstić information content (AvgIpc) is 2.37. The highest BCUT2D eigenvalue weighted by Gasteiger charge is 2.25. The van der Waals surface area contributed by atoms with Crippen molar-refractivity contribution in [2.24, 2.45) is 5.73 Å². The third-order valence-electron chi connectivity index (χ3n) is 3.92. The Morgan fingerprint density at radius 1 is 1.16 bits per heavy atom. The highest BCUT2D eigenvalue weighted by Crippen LogP contribution is 2.27. The molecule has 3 heteroatoms. The summed E-state index contributed by atoms with van der Waals surface area (Å²) in [5.74, 6) is 0. The van der Waals surface area contributed by atoms with E-state index in [4.69, 9.17) is 5.73 Å². The summed E-state index contributed by atoms with van der Waals surface area (Å²) in [6.07, 6.45) is 4.13. The predicted molar refractivity (Wildman–Crippen MR) is 81.8 cm³/mol. The molecule has 1 aromatic rings. The van der Waals surface area contributed by atoms with Gasteiger partial charge in [-0.2, -0.15) is 0 Å². The molecule has 0 heterocycles. The third kappa shape index (κ3) is 3.67. The van der Waals surface area contributed by atoms with E-state index in [0.717, 1.165) is 30.6 Å². The van der Waals surface area contributed by atoms with E-state index in [2.05, 4.69) is 32.9 Å². The number of rotatable bonds is 2. The fourth-order valence-electron chi connectivity index (χ4n) is 2.66. The largest absolute Gasteiger partial charge is 0.328 e. The number of hydrogen-bond acceptors (Lipinski definition) is 2. The van der Waals surface area contributed by atoms with Gasteiger partial charge >= 0.3 is 0 Å². The van der Waals surface area contributed by atoms with Crippen molar-refractivity contribution < 1.29 is 4.21 Å². The standard InChI is InChI=1S/C16H25NOS/c1-16(2,3)12-7-9-14(10-8-12)19(18)15-6-4-5-13(17)11-15/h7-10,13,15H,4-6,11,17H2,1-3H3. The molecule has 0 amide bonds. The molecule has 2 N–H and O–H groups in total. The molecule has 19 heavy (non-hydrogen) atoms. The maximum absolute atomic E-state index is 12.6. The van der Waals surface area contributed by atoms with Crippen molar-refractivity contribution in [2.45, 2.75) is 68.1 Å². The van der Waals surface area contributed by atoms with E-state index in [1.54, 1.807) is 0 Å². The van der Waals surface area contributed by atoms with Gasteiger partial charge in [0.2, 0.25) is 0 Å². The lowest BCUT2D eigenvalue weighted by molar-refractivity contribution is 0.444. The minimum Gasteiger partial charge on any atom is -0.328 e. The topological polar surface area (TPSA) is 43.1 Å². The van der Waals surface area contributed by atoms with Crippen molar-refractivity contribution in [2.75, 3.05) is 0 Å². The molecule has 0 aromatic heterocycles. The number of hydrogen-bond donors (Lipinski definition) is 1. The average molecular weight is 279 g/mol. The van der Waals surface area contributed by atoms with Gasteiger partial charge in [-0.15, -0.1) is 0 Å². The molecule has 1 aliphatic carbocycles. The molecule has 3 unspecified atom stereocenters. The smallest absolute Gasteiger partial charge is 0.0561 e. The van der Waals surface area contributed by atoms with Gasteiger partial charge in [0.25, 0.3) is 0 Å². The first kappa shape index (κ1) is 14.7. The van der Waals surface area contributed by atoms with E-state index in [-0.39, 0.29) is 16.7 Å². The van der Waals surface area contributed by atoms with Crippen molar-refractivity contribution in [3.8, 4) is 0 Å². The zero-order valence-corrected chi connectivity index (χ0v) is 13.0. The zero-order valence-electron chi connectivity index (χ0n) is 12.2. The SMILES string of the molecule is CC(C)(C)c1ccc(S(=O)C2CCCC(N)C2)cc1. The summed E-state index contributed by atoms with van der Waals surface area (Å²) in [6.45, 7) is 6.58. The molecule has 0 radical (unpaired) electrons. The molecule has 0 saturated heterocycles. The second-order valence-corrected chi connectivity index (χ2v) is 8.35. The molecule has 2 rings (SSSR count). The van der Waals surface area contributed by atoms with E-state index < -0.39 is 10.8 Å². The Kier molecular flexibility index (Phi) is 4.46. The quantitative estimate of drug-likeness (QED) is 0.902. The molecule has 0 aliphatic heterocycles. The molecule has 1 aromatic carbocycles. The normalized spacial score (nSPS) is 26.1. The lowest BCUT2D eigenvalue weighted by Crippen LogP contribution is -2.33. The first-order valence-electron chi connectivity index (χ1n) is 7.14. The summed E-state index contributed by atoms with van der Waals surface area (Å²) in [5.41, 5.74) is 7.42. The predicted octanol–water partition coefficient (Wildman–Crippen LogP) is 3.36. The van der Waals surface area contributed by atoms with Crippen LogP contribution >= 0.6 is 0 Å². The lowest BCUT2D eigenvalue weighted by atomic mass is 9.87. The fourth-order valence-corrected chi connectivity index (χ4v) is 4.25. The second kappa shape index (κ2) is 5.76. The highest BCUT2D eigenvalue weighted by molar-refractivity contribution is 7.85. The van der Waals surface area contributed by atoms with Crippen molar-refractivity contribution in [1.82, 2.24) is 0 Å². The highest BCUT2D eigenvalue weighted by atomic mass is 32.2. The fraction of sp³-hybridized carbons (Fsp3) is 0.625. The summed E-state index contributed by atoms with van der Waals surface area (Å²) >= 11 is 0. The molecule has 3 atom stereocenters. The third-order valence-corrected chi connectivity index (χ3v) is 5.69. The Hall–Kier alpha value is -0.670. The minimum atomic E-state index is -0.906. The Morgan fingerprint density at radius 3 is 2.32 bits per heavy atom. The van der Waals surface area contributed by atoms with Crippen LogP contribution in [0.15, 0.2) is 29.2 Å². The number of nitrogens with two attached hydrogens (primary N) is 1. The van der Waals surface area contributed by atoms with Crippen LogP contribution in [-0.2, 0) is 16.2 Å². The molecule has 0 spiro atoms. The monoisotopic (exact) mass is 279 g/mol. The van der Waals surface area contributed by atoms with Gasteiger partial charge in [-0.25, -0.2) is 0 Å². The van der Waals surface area contributed by atoms with Crippen LogP contribution in [0.2, 0.25) is 0 Å². The Balaban J connectivity index is 2.11. The Bertz CT molecular complexity index is 447. The Morgan fingerprint density at radius 2 is 1.79 bits per heavy atom. The van der Waals surface area contributed by atoms with Gasteiger partial charge in [0.05, 0.1) is 10.8 Å². The van der Waals surface area contributed by atoms with Gasteiger partial charge < -0.3 is 5.73 Å². The van der Waals surface area contributed by atoms with Crippen LogP contribution in [0.3, 0.4) is 0 Å². The first-order chi connectivity index (χ1) is 8.88. The van der Waals surface area contributed by atoms with E-state index in [1.807, 2.05) is 12.1 Å². The Labute approximate surface area is 119 Å². The minimum absolute atomic E-state index is 0.146. The number of benzene rings is 1. The van der Waals surface area contributed by atoms with Crippen LogP contribution in [0.4, 0.5) is 0 Å². The van der Waals surface area contributed by atoms with Crippen LogP contribution in [0.25, 0.3) is 0 Å². The van der Waals surface area contributed by atoms with Crippen molar-refractivity contribution >= 4 is 10.8 Å². The van der Waals surface area contributed by atoms with Gasteiger partial charge in [0.15, 0.2) is 0 Å². The lowest BCUT2D eigenvalue weighted by Gasteiger charge is -2.26. The van der Waals surface area contributed by atoms with Crippen LogP contribution in [-0.4, -0.2) is 15.5 Å². The van der Waals surface area contributed by atoms with Crippen molar-refractivity contribution in [1.29, 1.82) is 0 Å². The van der Waals surface area contributed by atoms with Crippen molar-refractivity contribution in [3.05, 3.63) is 29.8 Å². The first-order valence-corrected chi connectivity index (χ1v) is 8.36. The van der Waals surface area contributed by atoms with Crippen LogP contribution < -0.4 is 5.73 Å². The zero-order chi connectivity index (χ0) is 14.0. The van der Waals surface area contributed by atoms with E-state index in [1.165, 1.54) is 5.56 Å². The summed E-state index contributed by atoms with van der Waals surface area (Å²) in [4.78, 5) is 0.951. The van der Waals surface area contributed by atoms with Gasteiger partial charge in [-0.05, 0) is 42.4 Å². The van der Waals surface area contributed by atoms with E-state index >= 15 is 0 Å². The van der Waals surface area contributed by atoms with E-state index in [0.29, 0.717) is 0 Å². The molecule has 2 nitrogen and oxygen atoms in total. The second-order valence-electron chi connectivity index (χ2n) is 6.62. The molecule has 1 saturated carbocycles. The van der Waals surface area contributed by atoms with Crippen LogP contribution in [0.1, 0.15) is 52.0 Å². The molecular weight excluding hydrogens is 254 g/mol. The maximum atomic E-state index is 12.6. The van der Waals surface area contributed by atoms with Crippen LogP contribution in [0.5, 0.6) is 0 Å². The summed E-state index contributed by atoms with van der Waals surface area (Å²) in [5, 5.41) is 0.240. The summed E-state index contributed by atoms with van der Waals surface area (Å²) in [6, 6.07) is 8.50. The summed E-state index contributed by atoms with van der Waals surface area (Å²) in [7, 11) is -0.906. The van der Waals surface area contributed by atoms with Gasteiger partial charge in [0.1, 0.15) is 0 Å². The van der Waals surface area contributed by atoms with Crippen molar-refractivity contribution in [3.63, 3.8) is 0 Å². The maximum Gasteiger partial charge on any atom is 0.0561 e. The van der Waals surface area contributed by atoms with E-state index in [9.17, 15) is 4.21 Å². The molecule has 0 bridgehead atoms. The molecule has 1 aliphatic rings. The van der Waals surface area contributed by atoms with Gasteiger partial charge in [-0.3, -0.25) is 4.21 Å². The van der Waals surface area contributed by atoms with Crippen LogP contribution in [0, 0.1) is 0 Å². The van der Waals surface area contributed by atoms with Gasteiger partial charge in [0, 0.05) is 16.2 Å². The molecule has 1 fully saturated rings. The molecule has 106 valence electrons. The summed E-state index contributed by atoms with van der Waals surface area (Å²) < 4.78 is 12.6. The molecular formula is C16H25NOS. The van der Waals surface area contributed by atoms with Gasteiger partial charge in [-0.1, -0.05) is 39.3 Å².